The van der Waals surface area contributed by atoms with Crippen molar-refractivity contribution in [2.24, 2.45) is 0 Å². The van der Waals surface area contributed by atoms with E-state index in [4.69, 9.17) is 32.9 Å². The summed E-state index contributed by atoms with van der Waals surface area (Å²) in [4.78, 5) is 7.02. The highest BCUT2D eigenvalue weighted by Crippen LogP contribution is 2.39. The molecule has 4 rings (SSSR count). The van der Waals surface area contributed by atoms with Crippen LogP contribution < -0.4 is 15.0 Å². The summed E-state index contributed by atoms with van der Waals surface area (Å²) in [5.41, 5.74) is 2.59. The Morgan fingerprint density at radius 3 is 2.87 bits per heavy atom. The first-order chi connectivity index (χ1) is 14.6. The normalized spacial score (nSPS) is 12.9. The zero-order valence-electron chi connectivity index (χ0n) is 16.1. The monoisotopic (exact) mass is 444 g/mol. The van der Waals surface area contributed by atoms with Gasteiger partial charge in [-0.25, -0.2) is 9.37 Å². The smallest absolute Gasteiger partial charge is 0.149 e. The van der Waals surface area contributed by atoms with E-state index in [0.717, 1.165) is 48.3 Å². The molecule has 0 fully saturated rings. The van der Waals surface area contributed by atoms with Gasteiger partial charge >= 0.3 is 0 Å². The van der Waals surface area contributed by atoms with E-state index in [9.17, 15) is 9.65 Å². The van der Waals surface area contributed by atoms with Crippen molar-refractivity contribution >= 4 is 51.3 Å². The quantitative estimate of drug-likeness (QED) is 0.381. The topological polar surface area (TPSA) is 61.2 Å². The lowest BCUT2D eigenvalue weighted by Gasteiger charge is -2.32. The first kappa shape index (κ1) is 20.5. The van der Waals surface area contributed by atoms with Crippen LogP contribution in [0.1, 0.15) is 18.4 Å². The van der Waals surface area contributed by atoms with Crippen LogP contribution in [0.15, 0.2) is 36.4 Å². The summed E-state index contributed by atoms with van der Waals surface area (Å²) < 4.78 is 19.4. The van der Waals surface area contributed by atoms with Crippen LogP contribution in [0.2, 0.25) is 5.02 Å². The van der Waals surface area contributed by atoms with Crippen LogP contribution in [0.4, 0.5) is 21.6 Å². The number of alkyl halides is 1. The average Bonchev–Trinajstić information content (AvgIpc) is 2.76. The molecule has 154 valence electrons. The van der Waals surface area contributed by atoms with E-state index in [1.54, 1.807) is 12.1 Å². The number of benzene rings is 2. The van der Waals surface area contributed by atoms with Crippen LogP contribution in [0, 0.1) is 17.1 Å². The lowest BCUT2D eigenvalue weighted by molar-refractivity contribution is 0.308. The Hall–Kier alpha value is -2.75. The second kappa shape index (κ2) is 8.95. The van der Waals surface area contributed by atoms with Gasteiger partial charge in [-0.3, -0.25) is 0 Å². The minimum Gasteiger partial charge on any atom is -0.489 e. The first-order valence-electron chi connectivity index (χ1n) is 9.64. The number of ether oxygens (including phenoxy) is 1. The summed E-state index contributed by atoms with van der Waals surface area (Å²) in [6.45, 7) is 2.21. The van der Waals surface area contributed by atoms with Crippen LogP contribution in [0.5, 0.6) is 5.75 Å². The highest BCUT2D eigenvalue weighted by Gasteiger charge is 2.22. The van der Waals surface area contributed by atoms with Gasteiger partial charge in [0.2, 0.25) is 0 Å². The van der Waals surface area contributed by atoms with Crippen LogP contribution in [-0.2, 0) is 0 Å². The molecule has 0 saturated carbocycles. The van der Waals surface area contributed by atoms with Gasteiger partial charge in [0.25, 0.3) is 0 Å². The molecule has 0 radical (unpaired) electrons. The maximum absolute atomic E-state index is 13.5. The number of hydrogen-bond acceptors (Lipinski definition) is 5. The predicted octanol–water partition coefficient (Wildman–Crippen LogP) is 5.86. The van der Waals surface area contributed by atoms with Gasteiger partial charge < -0.3 is 15.0 Å². The van der Waals surface area contributed by atoms with E-state index >= 15 is 0 Å². The molecule has 2 aromatic carbocycles. The van der Waals surface area contributed by atoms with Crippen molar-refractivity contribution < 1.29 is 9.13 Å². The van der Waals surface area contributed by atoms with Crippen molar-refractivity contribution in [2.45, 2.75) is 12.8 Å². The van der Waals surface area contributed by atoms with Crippen LogP contribution in [0.3, 0.4) is 0 Å². The maximum atomic E-state index is 13.5. The largest absolute Gasteiger partial charge is 0.489 e. The van der Waals surface area contributed by atoms with Gasteiger partial charge in [0, 0.05) is 23.5 Å². The van der Waals surface area contributed by atoms with Crippen molar-refractivity contribution in [3.8, 4) is 11.8 Å². The Morgan fingerprint density at radius 1 is 1.23 bits per heavy atom. The molecule has 1 aliphatic heterocycles. The zero-order valence-corrected chi connectivity index (χ0v) is 17.6. The van der Waals surface area contributed by atoms with Gasteiger partial charge in [-0.05, 0) is 49.2 Å². The molecule has 1 aromatic heterocycles. The summed E-state index contributed by atoms with van der Waals surface area (Å²) in [7, 11) is 0. The Balaban J connectivity index is 1.78. The number of halogens is 3. The van der Waals surface area contributed by atoms with E-state index in [0.29, 0.717) is 29.6 Å². The Morgan fingerprint density at radius 2 is 2.10 bits per heavy atom. The molecular weight excluding hydrogens is 426 g/mol. The average molecular weight is 445 g/mol. The second-order valence-corrected chi connectivity index (χ2v) is 7.75. The summed E-state index contributed by atoms with van der Waals surface area (Å²) in [5, 5.41) is 13.6. The van der Waals surface area contributed by atoms with Crippen LogP contribution in [-0.4, -0.2) is 30.6 Å². The van der Waals surface area contributed by atoms with Crippen LogP contribution in [0.25, 0.3) is 10.9 Å². The molecular formula is C22H19Cl2FN4O. The number of hydrogen-bond donors (Lipinski definition) is 1. The summed E-state index contributed by atoms with van der Waals surface area (Å²) >= 11 is 11.7. The lowest BCUT2D eigenvalue weighted by atomic mass is 10.1. The summed E-state index contributed by atoms with van der Waals surface area (Å²) in [6, 6.07) is 12.1. The van der Waals surface area contributed by atoms with E-state index in [1.165, 1.54) is 12.1 Å². The number of unbranched alkanes of at least 4 members (excludes halogenated alkanes) is 1. The van der Waals surface area contributed by atoms with Crippen molar-refractivity contribution in [2.75, 3.05) is 35.8 Å². The fourth-order valence-electron chi connectivity index (χ4n) is 3.52. The molecule has 30 heavy (non-hydrogen) atoms. The van der Waals surface area contributed by atoms with Gasteiger partial charge in [0.1, 0.15) is 35.7 Å². The maximum Gasteiger partial charge on any atom is 0.149 e. The number of pyridine rings is 1. The van der Waals surface area contributed by atoms with E-state index in [1.807, 2.05) is 12.1 Å². The fraction of sp³-hybridized carbons (Fsp3) is 0.273. The molecule has 0 spiro atoms. The molecule has 0 unspecified atom stereocenters. The van der Waals surface area contributed by atoms with Gasteiger partial charge in [-0.2, -0.15) is 5.26 Å². The van der Waals surface area contributed by atoms with Crippen molar-refractivity contribution in [3.63, 3.8) is 0 Å². The molecule has 3 aromatic rings. The second-order valence-electron chi connectivity index (χ2n) is 6.97. The number of anilines is 3. The summed E-state index contributed by atoms with van der Waals surface area (Å²) in [5.74, 6) is 1.28. The number of fused-ring (bicyclic) bond motifs is 3. The van der Waals surface area contributed by atoms with Gasteiger partial charge in [-0.1, -0.05) is 11.6 Å². The molecule has 0 amide bonds. The number of aromatic nitrogens is 1. The van der Waals surface area contributed by atoms with E-state index in [-0.39, 0.29) is 5.02 Å². The standard InChI is InChI=1S/C22H19Cl2FN4O/c23-7-1-2-8-29-9-10-30-19-6-3-14-11-15(13-26)22(28-20(14)21(19)29)27-16-4-5-18(25)17(24)12-16/h3-6,11-12H,1-2,7-10H2,(H,27,28). The van der Waals surface area contributed by atoms with Gasteiger partial charge in [0.05, 0.1) is 22.6 Å². The molecule has 0 atom stereocenters. The van der Waals surface area contributed by atoms with Gasteiger partial charge in [-0.15, -0.1) is 11.6 Å². The zero-order chi connectivity index (χ0) is 21.1. The minimum atomic E-state index is -0.506. The number of nitriles is 1. The third-order valence-electron chi connectivity index (χ3n) is 4.97. The minimum absolute atomic E-state index is 0.00413. The number of nitrogens with zero attached hydrogens (tertiary/aromatic N) is 3. The SMILES string of the molecule is N#Cc1cc2ccc3c(c2nc1Nc1ccc(F)c(Cl)c1)N(CCCCCl)CCO3. The molecule has 1 N–H and O–H groups in total. The third-order valence-corrected chi connectivity index (χ3v) is 5.53. The van der Waals surface area contributed by atoms with Gasteiger partial charge in [0.15, 0.2) is 0 Å². The van der Waals surface area contributed by atoms with E-state index in [2.05, 4.69) is 16.3 Å². The molecule has 2 heterocycles. The lowest BCUT2D eigenvalue weighted by Crippen LogP contribution is -2.33. The molecule has 5 nitrogen and oxygen atoms in total. The first-order valence-corrected chi connectivity index (χ1v) is 10.6. The molecule has 0 bridgehead atoms. The fourth-order valence-corrected chi connectivity index (χ4v) is 3.89. The molecule has 0 aliphatic carbocycles. The predicted molar refractivity (Wildman–Crippen MR) is 119 cm³/mol. The van der Waals surface area contributed by atoms with Crippen LogP contribution >= 0.6 is 23.2 Å². The highest BCUT2D eigenvalue weighted by atomic mass is 35.5. The Bertz CT molecular complexity index is 1130. The number of nitrogens with one attached hydrogen (secondary N) is 1. The van der Waals surface area contributed by atoms with Crippen molar-refractivity contribution in [1.82, 2.24) is 4.98 Å². The number of rotatable bonds is 6. The molecule has 0 saturated heterocycles. The van der Waals surface area contributed by atoms with Crippen molar-refractivity contribution in [1.29, 1.82) is 5.26 Å². The molecule has 8 heteroatoms. The summed E-state index contributed by atoms with van der Waals surface area (Å²) in [6.07, 6.45) is 1.90. The Labute approximate surface area is 184 Å². The third kappa shape index (κ3) is 4.09. The van der Waals surface area contributed by atoms with Crippen molar-refractivity contribution in [3.05, 3.63) is 52.8 Å². The Kier molecular flexibility index (Phi) is 6.12. The van der Waals surface area contributed by atoms with E-state index < -0.39 is 5.82 Å². The highest BCUT2D eigenvalue weighted by molar-refractivity contribution is 6.31. The molecule has 1 aliphatic rings.